The maximum Gasteiger partial charge on any atom is 0.253 e. The molecule has 1 fully saturated rings. The molecule has 0 radical (unpaired) electrons. The summed E-state index contributed by atoms with van der Waals surface area (Å²) in [6.07, 6.45) is 1.14. The van der Waals surface area contributed by atoms with Gasteiger partial charge in [-0.05, 0) is 55.7 Å². The minimum absolute atomic E-state index is 0.0461. The predicted octanol–water partition coefficient (Wildman–Crippen LogP) is 3.45. The molecule has 2 aromatic carbocycles. The van der Waals surface area contributed by atoms with Crippen LogP contribution in [0, 0.1) is 13.8 Å². The summed E-state index contributed by atoms with van der Waals surface area (Å²) in [5.74, 6) is 0.901. The first kappa shape index (κ1) is 19.9. The molecule has 28 heavy (non-hydrogen) atoms. The maximum atomic E-state index is 12.8. The van der Waals surface area contributed by atoms with Crippen LogP contribution in [-0.4, -0.2) is 54.4 Å². The smallest absolute Gasteiger partial charge is 0.253 e. The van der Waals surface area contributed by atoms with E-state index in [1.54, 1.807) is 0 Å². The third-order valence-electron chi connectivity index (χ3n) is 5.22. The average molecular weight is 380 g/mol. The molecule has 1 heterocycles. The summed E-state index contributed by atoms with van der Waals surface area (Å²) in [4.78, 5) is 29.0. The lowest BCUT2D eigenvalue weighted by atomic mass is 10.1. The molecule has 2 amide bonds. The van der Waals surface area contributed by atoms with E-state index < -0.39 is 0 Å². The quantitative estimate of drug-likeness (QED) is 0.798. The Balaban J connectivity index is 1.50. The number of rotatable bonds is 5. The standard InChI is InChI=1S/C23H28N2O3/c1-18-9-10-20(17-19(18)2)23(27)25-13-6-12-24(14-15-25)22(26)11-16-28-21-7-4-3-5-8-21/h3-5,7-10,17H,6,11-16H2,1-2H3. The second kappa shape index (κ2) is 9.40. The van der Waals surface area contributed by atoms with Gasteiger partial charge < -0.3 is 14.5 Å². The van der Waals surface area contributed by atoms with Crippen LogP contribution in [0.3, 0.4) is 0 Å². The Bertz CT molecular complexity index is 820. The maximum absolute atomic E-state index is 12.8. The normalized spacial score (nSPS) is 14.5. The fraction of sp³-hybridized carbons (Fsp3) is 0.391. The fourth-order valence-electron chi connectivity index (χ4n) is 3.36. The van der Waals surface area contributed by atoms with E-state index in [4.69, 9.17) is 4.74 Å². The van der Waals surface area contributed by atoms with Gasteiger partial charge in [0.1, 0.15) is 5.75 Å². The number of para-hydroxylation sites is 1. The van der Waals surface area contributed by atoms with E-state index in [2.05, 4.69) is 0 Å². The van der Waals surface area contributed by atoms with Gasteiger partial charge in [-0.25, -0.2) is 0 Å². The molecule has 0 spiro atoms. The second-order valence-electron chi connectivity index (χ2n) is 7.24. The van der Waals surface area contributed by atoms with Gasteiger partial charge in [-0.3, -0.25) is 9.59 Å². The summed E-state index contributed by atoms with van der Waals surface area (Å²) in [6.45, 7) is 6.92. The van der Waals surface area contributed by atoms with Crippen LogP contribution in [0.15, 0.2) is 48.5 Å². The molecule has 0 saturated carbocycles. The Hall–Kier alpha value is -2.82. The summed E-state index contributed by atoms with van der Waals surface area (Å²) in [5.41, 5.74) is 3.02. The first-order valence-electron chi connectivity index (χ1n) is 9.87. The van der Waals surface area contributed by atoms with Gasteiger partial charge in [-0.15, -0.1) is 0 Å². The van der Waals surface area contributed by atoms with Crippen LogP contribution in [0.5, 0.6) is 5.75 Å². The van der Waals surface area contributed by atoms with Gasteiger partial charge >= 0.3 is 0 Å². The van der Waals surface area contributed by atoms with Crippen molar-refractivity contribution in [1.29, 1.82) is 0 Å². The molecule has 1 aliphatic rings. The molecule has 0 atom stereocenters. The summed E-state index contributed by atoms with van der Waals surface area (Å²) in [5, 5.41) is 0. The van der Waals surface area contributed by atoms with Gasteiger partial charge in [0.25, 0.3) is 5.91 Å². The van der Waals surface area contributed by atoms with Crippen molar-refractivity contribution in [2.24, 2.45) is 0 Å². The van der Waals surface area contributed by atoms with Gasteiger partial charge in [0, 0.05) is 31.7 Å². The molecule has 1 aliphatic heterocycles. The van der Waals surface area contributed by atoms with E-state index in [1.165, 1.54) is 5.56 Å². The van der Waals surface area contributed by atoms with E-state index in [-0.39, 0.29) is 11.8 Å². The summed E-state index contributed by atoms with van der Waals surface area (Å²) < 4.78 is 5.62. The lowest BCUT2D eigenvalue weighted by molar-refractivity contribution is -0.131. The predicted molar refractivity (Wildman–Crippen MR) is 110 cm³/mol. The van der Waals surface area contributed by atoms with E-state index in [0.717, 1.165) is 23.3 Å². The highest BCUT2D eigenvalue weighted by atomic mass is 16.5. The highest BCUT2D eigenvalue weighted by molar-refractivity contribution is 5.94. The molecule has 5 nitrogen and oxygen atoms in total. The van der Waals surface area contributed by atoms with Crippen molar-refractivity contribution in [3.8, 4) is 5.75 Å². The Morgan fingerprint density at radius 2 is 1.61 bits per heavy atom. The van der Waals surface area contributed by atoms with Gasteiger partial charge in [-0.2, -0.15) is 0 Å². The average Bonchev–Trinajstić information content (AvgIpc) is 2.96. The minimum atomic E-state index is 0.0461. The van der Waals surface area contributed by atoms with Gasteiger partial charge in [0.15, 0.2) is 0 Å². The molecule has 0 aliphatic carbocycles. The molecule has 2 aromatic rings. The number of carbonyl (C=O) groups is 2. The van der Waals surface area contributed by atoms with Crippen LogP contribution in [0.2, 0.25) is 0 Å². The Morgan fingerprint density at radius 1 is 0.893 bits per heavy atom. The van der Waals surface area contributed by atoms with E-state index in [1.807, 2.05) is 72.2 Å². The molecule has 5 heteroatoms. The molecular formula is C23H28N2O3. The molecule has 3 rings (SSSR count). The zero-order valence-corrected chi connectivity index (χ0v) is 16.7. The fourth-order valence-corrected chi connectivity index (χ4v) is 3.36. The van der Waals surface area contributed by atoms with Gasteiger partial charge in [0.05, 0.1) is 13.0 Å². The number of aryl methyl sites for hydroxylation is 2. The van der Waals surface area contributed by atoms with Gasteiger partial charge in [-0.1, -0.05) is 24.3 Å². The number of hydrogen-bond acceptors (Lipinski definition) is 3. The van der Waals surface area contributed by atoms with Crippen LogP contribution >= 0.6 is 0 Å². The van der Waals surface area contributed by atoms with Crippen LogP contribution in [0.4, 0.5) is 0 Å². The molecule has 0 bridgehead atoms. The largest absolute Gasteiger partial charge is 0.493 e. The Kier molecular flexibility index (Phi) is 6.69. The van der Waals surface area contributed by atoms with Crippen molar-refractivity contribution in [2.45, 2.75) is 26.7 Å². The molecular weight excluding hydrogens is 352 g/mol. The molecule has 1 saturated heterocycles. The van der Waals surface area contributed by atoms with E-state index >= 15 is 0 Å². The highest BCUT2D eigenvalue weighted by Gasteiger charge is 2.23. The van der Waals surface area contributed by atoms with E-state index in [0.29, 0.717) is 39.2 Å². The Labute approximate surface area is 166 Å². The van der Waals surface area contributed by atoms with Crippen LogP contribution in [-0.2, 0) is 4.79 Å². The lowest BCUT2D eigenvalue weighted by Gasteiger charge is -2.22. The highest BCUT2D eigenvalue weighted by Crippen LogP contribution is 2.14. The number of benzene rings is 2. The summed E-state index contributed by atoms with van der Waals surface area (Å²) in [6, 6.07) is 15.3. The zero-order valence-electron chi connectivity index (χ0n) is 16.7. The van der Waals surface area contributed by atoms with Crippen molar-refractivity contribution in [3.63, 3.8) is 0 Å². The molecule has 148 valence electrons. The molecule has 0 N–H and O–H groups in total. The van der Waals surface area contributed by atoms with Crippen molar-refractivity contribution < 1.29 is 14.3 Å². The van der Waals surface area contributed by atoms with Crippen molar-refractivity contribution >= 4 is 11.8 Å². The van der Waals surface area contributed by atoms with Gasteiger partial charge in [0.2, 0.25) is 5.91 Å². The summed E-state index contributed by atoms with van der Waals surface area (Å²) in [7, 11) is 0. The first-order valence-corrected chi connectivity index (χ1v) is 9.87. The van der Waals surface area contributed by atoms with E-state index in [9.17, 15) is 9.59 Å². The first-order chi connectivity index (χ1) is 13.5. The number of hydrogen-bond donors (Lipinski definition) is 0. The third-order valence-corrected chi connectivity index (χ3v) is 5.22. The number of carbonyl (C=O) groups excluding carboxylic acids is 2. The number of ether oxygens (including phenoxy) is 1. The van der Waals surface area contributed by atoms with Crippen molar-refractivity contribution in [2.75, 3.05) is 32.8 Å². The third kappa shape index (κ3) is 5.12. The number of amides is 2. The minimum Gasteiger partial charge on any atom is -0.493 e. The number of nitrogens with zero attached hydrogens (tertiary/aromatic N) is 2. The van der Waals surface area contributed by atoms with Crippen molar-refractivity contribution in [1.82, 2.24) is 9.80 Å². The SMILES string of the molecule is Cc1ccc(C(=O)N2CCCN(C(=O)CCOc3ccccc3)CC2)cc1C. The van der Waals surface area contributed by atoms with Crippen molar-refractivity contribution in [3.05, 3.63) is 65.2 Å². The molecule has 0 unspecified atom stereocenters. The monoisotopic (exact) mass is 380 g/mol. The topological polar surface area (TPSA) is 49.9 Å². The van der Waals surface area contributed by atoms with Crippen LogP contribution < -0.4 is 4.74 Å². The second-order valence-corrected chi connectivity index (χ2v) is 7.24. The lowest BCUT2D eigenvalue weighted by Crippen LogP contribution is -2.37. The zero-order chi connectivity index (χ0) is 19.9. The van der Waals surface area contributed by atoms with Crippen LogP contribution in [0.25, 0.3) is 0 Å². The van der Waals surface area contributed by atoms with Crippen LogP contribution in [0.1, 0.15) is 34.3 Å². The summed E-state index contributed by atoms with van der Waals surface area (Å²) >= 11 is 0. The Morgan fingerprint density at radius 3 is 2.36 bits per heavy atom. The molecule has 0 aromatic heterocycles.